The van der Waals surface area contributed by atoms with Gasteiger partial charge in [0.25, 0.3) is 0 Å². The zero-order valence-corrected chi connectivity index (χ0v) is 16.0. The van der Waals surface area contributed by atoms with Crippen LogP contribution in [0.3, 0.4) is 0 Å². The van der Waals surface area contributed by atoms with Crippen LogP contribution in [0.25, 0.3) is 0 Å². The average molecular weight is 391 g/mol. The Labute approximate surface area is 152 Å². The van der Waals surface area contributed by atoms with Gasteiger partial charge < -0.3 is 4.90 Å². The summed E-state index contributed by atoms with van der Waals surface area (Å²) in [6.07, 6.45) is 0.563. The number of benzene rings is 1. The van der Waals surface area contributed by atoms with E-state index in [0.29, 0.717) is 38.1 Å². The summed E-state index contributed by atoms with van der Waals surface area (Å²) in [7, 11) is -3.24. The second-order valence-electron chi connectivity index (χ2n) is 7.74. The van der Waals surface area contributed by atoms with Gasteiger partial charge in [0.2, 0.25) is 5.91 Å². The fourth-order valence-electron chi connectivity index (χ4n) is 2.91. The number of carbonyl (C=O) groups is 1. The molecule has 1 aromatic carbocycles. The Morgan fingerprint density at radius 3 is 2.08 bits per heavy atom. The number of hydrogen-bond donors (Lipinski definition) is 0. The molecule has 0 saturated carbocycles. The molecule has 1 aliphatic rings. The Bertz CT molecular complexity index is 756. The van der Waals surface area contributed by atoms with Crippen molar-refractivity contribution in [3.63, 3.8) is 0 Å². The van der Waals surface area contributed by atoms with E-state index in [1.807, 2.05) is 0 Å². The van der Waals surface area contributed by atoms with E-state index < -0.39 is 49.9 Å². The highest BCUT2D eigenvalue weighted by Gasteiger charge is 2.33. The topological polar surface area (TPSA) is 54.5 Å². The lowest BCUT2D eigenvalue weighted by atomic mass is 9.98. The van der Waals surface area contributed by atoms with Gasteiger partial charge in [-0.3, -0.25) is 4.79 Å². The van der Waals surface area contributed by atoms with Crippen LogP contribution in [0.5, 0.6) is 0 Å². The summed E-state index contributed by atoms with van der Waals surface area (Å²) in [5, 5.41) is 0. The molecule has 1 amide bonds. The lowest BCUT2D eigenvalue weighted by Gasteiger charge is -2.33. The summed E-state index contributed by atoms with van der Waals surface area (Å²) in [6.45, 7) is 5.66. The predicted octanol–water partition coefficient (Wildman–Crippen LogP) is 3.10. The molecule has 8 heteroatoms. The van der Waals surface area contributed by atoms with Crippen molar-refractivity contribution in [2.24, 2.45) is 5.92 Å². The molecule has 0 bridgehead atoms. The largest absolute Gasteiger partial charge is 0.342 e. The molecule has 1 aliphatic heterocycles. The first kappa shape index (κ1) is 20.7. The minimum absolute atomic E-state index is 0.0393. The molecule has 2 rings (SSSR count). The Hall–Kier alpha value is -1.57. The molecule has 0 spiro atoms. The summed E-state index contributed by atoms with van der Waals surface area (Å²) in [5.74, 6) is -3.62. The van der Waals surface area contributed by atoms with Gasteiger partial charge in [0.1, 0.15) is 17.5 Å². The van der Waals surface area contributed by atoms with Gasteiger partial charge in [0, 0.05) is 30.8 Å². The van der Waals surface area contributed by atoms with Gasteiger partial charge in [-0.1, -0.05) is 0 Å². The number of nitrogens with zero attached hydrogens (tertiary/aromatic N) is 1. The molecule has 0 aromatic heterocycles. The fourth-order valence-corrected chi connectivity index (χ4v) is 4.37. The van der Waals surface area contributed by atoms with Crippen LogP contribution in [0, 0.1) is 23.4 Å². The monoisotopic (exact) mass is 391 g/mol. The standard InChI is InChI=1S/C18H24F3NO3S/c1-18(2,3)26(24,25)11-12-4-6-22(7-5-12)17(23)10-14-15(20)8-13(19)9-16(14)21/h8-9,12H,4-7,10-11H2,1-3H3. The molecule has 1 saturated heterocycles. The number of rotatable bonds is 4. The molecular formula is C18H24F3NO3S. The molecule has 0 aliphatic carbocycles. The van der Waals surface area contributed by atoms with E-state index in [4.69, 9.17) is 0 Å². The summed E-state index contributed by atoms with van der Waals surface area (Å²) in [4.78, 5) is 13.8. The second kappa shape index (κ2) is 7.58. The maximum Gasteiger partial charge on any atom is 0.227 e. The summed E-state index contributed by atoms with van der Waals surface area (Å²) < 4.78 is 64.0. The Kier molecular flexibility index (Phi) is 6.05. The van der Waals surface area contributed by atoms with Crippen LogP contribution in [-0.2, 0) is 21.1 Å². The normalized spacial score (nSPS) is 16.8. The first-order valence-corrected chi connectivity index (χ1v) is 10.2. The van der Waals surface area contributed by atoms with E-state index >= 15 is 0 Å². The first-order chi connectivity index (χ1) is 11.9. The molecule has 4 nitrogen and oxygen atoms in total. The van der Waals surface area contributed by atoms with Gasteiger partial charge in [0.15, 0.2) is 9.84 Å². The highest BCUT2D eigenvalue weighted by atomic mass is 32.2. The Balaban J connectivity index is 1.95. The third kappa shape index (κ3) is 4.78. The number of sulfone groups is 1. The van der Waals surface area contributed by atoms with Crippen molar-refractivity contribution < 1.29 is 26.4 Å². The van der Waals surface area contributed by atoms with Crippen LogP contribution in [0.4, 0.5) is 13.2 Å². The Morgan fingerprint density at radius 2 is 1.62 bits per heavy atom. The average Bonchev–Trinajstić information content (AvgIpc) is 2.50. The minimum atomic E-state index is -3.24. The number of amides is 1. The predicted molar refractivity (Wildman–Crippen MR) is 92.9 cm³/mol. The smallest absolute Gasteiger partial charge is 0.227 e. The molecule has 0 atom stereocenters. The number of carbonyl (C=O) groups excluding carboxylic acids is 1. The summed E-state index contributed by atoms with van der Waals surface area (Å²) in [5.41, 5.74) is -0.450. The van der Waals surface area contributed by atoms with Gasteiger partial charge in [-0.25, -0.2) is 21.6 Å². The molecule has 0 radical (unpaired) electrons. The number of halogens is 3. The Morgan fingerprint density at radius 1 is 1.12 bits per heavy atom. The highest BCUT2D eigenvalue weighted by molar-refractivity contribution is 7.92. The van der Waals surface area contributed by atoms with E-state index in [2.05, 4.69) is 0 Å². The van der Waals surface area contributed by atoms with Crippen molar-refractivity contribution in [3.05, 3.63) is 35.1 Å². The van der Waals surface area contributed by atoms with Crippen molar-refractivity contribution in [1.29, 1.82) is 0 Å². The molecule has 26 heavy (non-hydrogen) atoms. The lowest BCUT2D eigenvalue weighted by Crippen LogP contribution is -2.42. The van der Waals surface area contributed by atoms with Crippen molar-refractivity contribution >= 4 is 15.7 Å². The molecule has 1 heterocycles. The summed E-state index contributed by atoms with van der Waals surface area (Å²) in [6, 6.07) is 1.10. The van der Waals surface area contributed by atoms with Crippen LogP contribution in [0.2, 0.25) is 0 Å². The molecule has 146 valence electrons. The fraction of sp³-hybridized carbons (Fsp3) is 0.611. The highest BCUT2D eigenvalue weighted by Crippen LogP contribution is 2.25. The molecule has 0 unspecified atom stereocenters. The van der Waals surface area contributed by atoms with Gasteiger partial charge in [0.05, 0.1) is 16.9 Å². The molecule has 0 N–H and O–H groups in total. The van der Waals surface area contributed by atoms with Crippen LogP contribution >= 0.6 is 0 Å². The van der Waals surface area contributed by atoms with Crippen LogP contribution in [0.1, 0.15) is 39.2 Å². The van der Waals surface area contributed by atoms with Gasteiger partial charge in [-0.05, 0) is 39.5 Å². The maximum atomic E-state index is 13.7. The quantitative estimate of drug-likeness (QED) is 0.793. The number of likely N-dealkylation sites (tertiary alicyclic amines) is 1. The first-order valence-electron chi connectivity index (χ1n) is 8.54. The molecule has 1 fully saturated rings. The lowest BCUT2D eigenvalue weighted by molar-refractivity contribution is -0.131. The zero-order valence-electron chi connectivity index (χ0n) is 15.2. The van der Waals surface area contributed by atoms with E-state index in [0.717, 1.165) is 0 Å². The second-order valence-corrected chi connectivity index (χ2v) is 10.5. The van der Waals surface area contributed by atoms with E-state index in [-0.39, 0.29) is 11.7 Å². The van der Waals surface area contributed by atoms with E-state index in [1.165, 1.54) is 4.90 Å². The van der Waals surface area contributed by atoms with Gasteiger partial charge in [-0.2, -0.15) is 0 Å². The van der Waals surface area contributed by atoms with Gasteiger partial charge in [-0.15, -0.1) is 0 Å². The maximum absolute atomic E-state index is 13.7. The zero-order chi connectivity index (χ0) is 19.7. The van der Waals surface area contributed by atoms with Crippen LogP contribution in [-0.4, -0.2) is 42.8 Å². The SMILES string of the molecule is CC(C)(C)S(=O)(=O)CC1CCN(C(=O)Cc2c(F)cc(F)cc2F)CC1. The van der Waals surface area contributed by atoms with E-state index in [9.17, 15) is 26.4 Å². The van der Waals surface area contributed by atoms with Crippen molar-refractivity contribution in [3.8, 4) is 0 Å². The van der Waals surface area contributed by atoms with Gasteiger partial charge >= 0.3 is 0 Å². The molecular weight excluding hydrogens is 367 g/mol. The van der Waals surface area contributed by atoms with Crippen molar-refractivity contribution in [2.45, 2.75) is 44.8 Å². The van der Waals surface area contributed by atoms with Crippen LogP contribution in [0.15, 0.2) is 12.1 Å². The third-order valence-electron chi connectivity index (χ3n) is 4.79. The number of hydrogen-bond acceptors (Lipinski definition) is 3. The molecule has 1 aromatic rings. The van der Waals surface area contributed by atoms with Crippen molar-refractivity contribution in [2.75, 3.05) is 18.8 Å². The van der Waals surface area contributed by atoms with E-state index in [1.54, 1.807) is 20.8 Å². The van der Waals surface area contributed by atoms with Crippen molar-refractivity contribution in [1.82, 2.24) is 4.90 Å². The number of piperidine rings is 1. The van der Waals surface area contributed by atoms with Crippen LogP contribution < -0.4 is 0 Å². The summed E-state index contributed by atoms with van der Waals surface area (Å²) >= 11 is 0. The third-order valence-corrected chi connectivity index (χ3v) is 7.57. The minimum Gasteiger partial charge on any atom is -0.342 e.